The van der Waals surface area contributed by atoms with Crippen molar-refractivity contribution in [2.45, 2.75) is 19.1 Å². The lowest BCUT2D eigenvalue weighted by Crippen LogP contribution is -2.51. The van der Waals surface area contributed by atoms with Crippen LogP contribution in [0.25, 0.3) is 11.0 Å². The quantitative estimate of drug-likeness (QED) is 0.561. The number of morpholine rings is 1. The highest BCUT2D eigenvalue weighted by atomic mass is 35.5. The van der Waals surface area contributed by atoms with Gasteiger partial charge in [0.2, 0.25) is 0 Å². The molecule has 1 fully saturated rings. The van der Waals surface area contributed by atoms with Gasteiger partial charge in [-0.1, -0.05) is 29.3 Å². The fraction of sp³-hybridized carbons (Fsp3) is 0.389. The van der Waals surface area contributed by atoms with E-state index >= 15 is 0 Å². The van der Waals surface area contributed by atoms with Crippen LogP contribution in [0, 0.1) is 0 Å². The molecule has 3 N–H and O–H groups in total. The van der Waals surface area contributed by atoms with E-state index in [2.05, 4.69) is 30.4 Å². The molecule has 0 aliphatic carbocycles. The van der Waals surface area contributed by atoms with Gasteiger partial charge in [-0.3, -0.25) is 20.1 Å². The van der Waals surface area contributed by atoms with Gasteiger partial charge in [0.15, 0.2) is 0 Å². The summed E-state index contributed by atoms with van der Waals surface area (Å²) in [7, 11) is 0. The van der Waals surface area contributed by atoms with Crippen LogP contribution in [0.3, 0.4) is 0 Å². The Morgan fingerprint density at radius 3 is 2.86 bits per heavy atom. The molecule has 1 aliphatic heterocycles. The van der Waals surface area contributed by atoms with E-state index in [1.807, 2.05) is 12.1 Å². The van der Waals surface area contributed by atoms with Crippen LogP contribution in [0.1, 0.15) is 11.4 Å². The fourth-order valence-corrected chi connectivity index (χ4v) is 3.60. The van der Waals surface area contributed by atoms with Crippen LogP contribution in [0.2, 0.25) is 10.0 Å². The average molecular weight is 423 g/mol. The van der Waals surface area contributed by atoms with E-state index in [4.69, 9.17) is 27.9 Å². The number of nitrogens with zero attached hydrogens (tertiary/aromatic N) is 3. The Labute approximate surface area is 171 Å². The van der Waals surface area contributed by atoms with E-state index in [0.717, 1.165) is 18.7 Å². The van der Waals surface area contributed by atoms with E-state index in [0.29, 0.717) is 53.1 Å². The number of aromatic amines is 2. The second-order valence-corrected chi connectivity index (χ2v) is 7.45. The second-order valence-electron chi connectivity index (χ2n) is 6.64. The van der Waals surface area contributed by atoms with Gasteiger partial charge in [0.05, 0.1) is 35.6 Å². The van der Waals surface area contributed by atoms with E-state index in [9.17, 15) is 4.79 Å². The third-order valence-electron chi connectivity index (χ3n) is 4.76. The summed E-state index contributed by atoms with van der Waals surface area (Å²) in [5.74, 6) is 0.608. The summed E-state index contributed by atoms with van der Waals surface area (Å²) >= 11 is 12.1. The molecule has 10 heteroatoms. The Hall–Kier alpha value is -1.97. The SMILES string of the molecule is O=c1[nH]c(C[C@@H](NCc2ccc(Cl)c(Cl)c2)N2CCOCC2)nc2cn[nH]c12. The lowest BCUT2D eigenvalue weighted by Gasteiger charge is -2.35. The van der Waals surface area contributed by atoms with Crippen molar-refractivity contribution < 1.29 is 4.74 Å². The maximum atomic E-state index is 12.2. The third-order valence-corrected chi connectivity index (χ3v) is 5.50. The van der Waals surface area contributed by atoms with Crippen LogP contribution in [-0.4, -0.2) is 57.5 Å². The zero-order valence-electron chi connectivity index (χ0n) is 15.0. The molecule has 0 radical (unpaired) electrons. The summed E-state index contributed by atoms with van der Waals surface area (Å²) in [6.45, 7) is 3.57. The number of rotatable bonds is 6. The molecule has 3 heterocycles. The molecule has 8 nitrogen and oxygen atoms in total. The summed E-state index contributed by atoms with van der Waals surface area (Å²) in [5.41, 5.74) is 1.75. The highest BCUT2D eigenvalue weighted by Crippen LogP contribution is 2.22. The topological polar surface area (TPSA) is 98.9 Å². The lowest BCUT2D eigenvalue weighted by molar-refractivity contribution is 0.00798. The molecule has 1 saturated heterocycles. The molecule has 28 heavy (non-hydrogen) atoms. The van der Waals surface area contributed by atoms with Gasteiger partial charge in [-0.15, -0.1) is 0 Å². The molecular weight excluding hydrogens is 403 g/mol. The zero-order valence-corrected chi connectivity index (χ0v) is 16.6. The number of benzene rings is 1. The van der Waals surface area contributed by atoms with Crippen LogP contribution in [0.5, 0.6) is 0 Å². The average Bonchev–Trinajstić information content (AvgIpc) is 3.17. The maximum Gasteiger partial charge on any atom is 0.276 e. The maximum absolute atomic E-state index is 12.2. The Morgan fingerprint density at radius 2 is 2.07 bits per heavy atom. The van der Waals surface area contributed by atoms with Crippen molar-refractivity contribution in [2.75, 3.05) is 26.3 Å². The number of halogens is 2. The number of fused-ring (bicyclic) bond motifs is 1. The van der Waals surface area contributed by atoms with Gasteiger partial charge < -0.3 is 9.72 Å². The fourth-order valence-electron chi connectivity index (χ4n) is 3.28. The summed E-state index contributed by atoms with van der Waals surface area (Å²) in [6, 6.07) is 5.58. The Bertz CT molecular complexity index is 1010. The van der Waals surface area contributed by atoms with Gasteiger partial charge in [0, 0.05) is 26.1 Å². The van der Waals surface area contributed by atoms with Gasteiger partial charge in [0.25, 0.3) is 5.56 Å². The Balaban J connectivity index is 1.53. The van der Waals surface area contributed by atoms with Crippen LogP contribution in [0.4, 0.5) is 0 Å². The predicted octanol–water partition coefficient (Wildman–Crippen LogP) is 1.94. The lowest BCUT2D eigenvalue weighted by atomic mass is 10.2. The molecule has 2 aromatic heterocycles. The third kappa shape index (κ3) is 4.37. The van der Waals surface area contributed by atoms with Gasteiger partial charge in [-0.2, -0.15) is 5.10 Å². The van der Waals surface area contributed by atoms with E-state index in [1.54, 1.807) is 12.3 Å². The first kappa shape index (κ1) is 19.4. The van der Waals surface area contributed by atoms with E-state index in [-0.39, 0.29) is 11.7 Å². The molecule has 1 atom stereocenters. The van der Waals surface area contributed by atoms with Crippen LogP contribution in [0.15, 0.2) is 29.2 Å². The van der Waals surface area contributed by atoms with Crippen molar-refractivity contribution in [3.05, 3.63) is 56.2 Å². The van der Waals surface area contributed by atoms with Crippen molar-refractivity contribution in [3.8, 4) is 0 Å². The van der Waals surface area contributed by atoms with Crippen LogP contribution >= 0.6 is 23.2 Å². The van der Waals surface area contributed by atoms with Crippen molar-refractivity contribution in [2.24, 2.45) is 0 Å². The minimum atomic E-state index is -0.220. The molecule has 4 rings (SSSR count). The first-order valence-electron chi connectivity index (χ1n) is 9.01. The Kier molecular flexibility index (Phi) is 5.93. The molecule has 0 saturated carbocycles. The molecule has 0 amide bonds. The number of H-pyrrole nitrogens is 2. The highest BCUT2D eigenvalue weighted by molar-refractivity contribution is 6.42. The molecular formula is C18H20Cl2N6O2. The van der Waals surface area contributed by atoms with Gasteiger partial charge in [-0.05, 0) is 17.7 Å². The molecule has 0 bridgehead atoms. The standard InChI is InChI=1S/C18H20Cl2N6O2/c19-12-2-1-11(7-13(12)20)9-21-16(26-3-5-28-6-4-26)8-15-23-14-10-22-25-17(14)18(27)24-15/h1-2,7,10,16,21H,3-6,8-9H2,(H,22,25)(H,23,24,27)/t16-/m0/s1. The molecule has 3 aromatic rings. The summed E-state index contributed by atoms with van der Waals surface area (Å²) in [4.78, 5) is 21.9. The normalized spacial score (nSPS) is 16.5. The van der Waals surface area contributed by atoms with E-state index < -0.39 is 0 Å². The number of hydrogen-bond donors (Lipinski definition) is 3. The highest BCUT2D eigenvalue weighted by Gasteiger charge is 2.22. The van der Waals surface area contributed by atoms with Gasteiger partial charge >= 0.3 is 0 Å². The number of aromatic nitrogens is 4. The minimum Gasteiger partial charge on any atom is -0.379 e. The summed E-state index contributed by atoms with van der Waals surface area (Å²) in [6.07, 6.45) is 2.07. The van der Waals surface area contributed by atoms with Crippen LogP contribution < -0.4 is 10.9 Å². The molecule has 0 unspecified atom stereocenters. The predicted molar refractivity (Wildman–Crippen MR) is 108 cm³/mol. The zero-order chi connectivity index (χ0) is 19.5. The molecule has 148 valence electrons. The largest absolute Gasteiger partial charge is 0.379 e. The van der Waals surface area contributed by atoms with Crippen molar-refractivity contribution in [1.29, 1.82) is 0 Å². The first-order chi connectivity index (χ1) is 13.6. The molecule has 0 spiro atoms. The Morgan fingerprint density at radius 1 is 1.25 bits per heavy atom. The van der Waals surface area contributed by atoms with Crippen molar-refractivity contribution in [1.82, 2.24) is 30.4 Å². The molecule has 1 aromatic carbocycles. The summed E-state index contributed by atoms with van der Waals surface area (Å²) < 4.78 is 5.47. The van der Waals surface area contributed by atoms with Gasteiger partial charge in [-0.25, -0.2) is 4.98 Å². The van der Waals surface area contributed by atoms with Crippen molar-refractivity contribution in [3.63, 3.8) is 0 Å². The van der Waals surface area contributed by atoms with Crippen molar-refractivity contribution >= 4 is 34.2 Å². The second kappa shape index (κ2) is 8.59. The monoisotopic (exact) mass is 422 g/mol. The summed E-state index contributed by atoms with van der Waals surface area (Å²) in [5, 5.41) is 11.2. The smallest absolute Gasteiger partial charge is 0.276 e. The first-order valence-corrected chi connectivity index (χ1v) is 9.77. The minimum absolute atomic E-state index is 0.0224. The number of ether oxygens (including phenoxy) is 1. The van der Waals surface area contributed by atoms with Crippen LogP contribution in [-0.2, 0) is 17.7 Å². The van der Waals surface area contributed by atoms with E-state index in [1.165, 1.54) is 0 Å². The number of hydrogen-bond acceptors (Lipinski definition) is 6. The van der Waals surface area contributed by atoms with Gasteiger partial charge in [0.1, 0.15) is 16.9 Å². The number of nitrogens with one attached hydrogen (secondary N) is 3. The molecule has 1 aliphatic rings.